The van der Waals surface area contributed by atoms with Crippen molar-refractivity contribution in [3.8, 4) is 0 Å². The fourth-order valence-corrected chi connectivity index (χ4v) is 2.42. The summed E-state index contributed by atoms with van der Waals surface area (Å²) in [4.78, 5) is 32.4. The number of nitrogens with one attached hydrogen (secondary N) is 2. The van der Waals surface area contributed by atoms with Crippen molar-refractivity contribution >= 4 is 17.6 Å². The van der Waals surface area contributed by atoms with Gasteiger partial charge in [-0.15, -0.1) is 0 Å². The summed E-state index contributed by atoms with van der Waals surface area (Å²) in [5.74, 6) is -2.38. The van der Waals surface area contributed by atoms with E-state index in [1.54, 1.807) is 0 Å². The zero-order valence-corrected chi connectivity index (χ0v) is 14.7. The summed E-state index contributed by atoms with van der Waals surface area (Å²) in [5, 5.41) is 14.0. The molecule has 1 aromatic heterocycles. The van der Waals surface area contributed by atoms with Gasteiger partial charge >= 0.3 is 0 Å². The van der Waals surface area contributed by atoms with Crippen LogP contribution in [0.5, 0.6) is 0 Å². The van der Waals surface area contributed by atoms with Crippen molar-refractivity contribution in [2.75, 3.05) is 5.32 Å². The average Bonchev–Trinajstić information content (AvgIpc) is 2.61. The van der Waals surface area contributed by atoms with Crippen LogP contribution in [0.3, 0.4) is 0 Å². The summed E-state index contributed by atoms with van der Waals surface area (Å²) in [6, 6.07) is 2.02. The highest BCUT2D eigenvalue weighted by molar-refractivity contribution is 5.96. The molecule has 0 spiro atoms. The quantitative estimate of drug-likeness (QED) is 0.649. The summed E-state index contributed by atoms with van der Waals surface area (Å²) >= 11 is 0. The molecule has 0 radical (unpaired) electrons. The van der Waals surface area contributed by atoms with Gasteiger partial charge in [-0.3, -0.25) is 14.6 Å². The van der Waals surface area contributed by atoms with Crippen molar-refractivity contribution in [3.05, 3.63) is 53.5 Å². The molecule has 2 aromatic rings. The first-order valence-corrected chi connectivity index (χ1v) is 8.38. The Hall–Kier alpha value is -2.94. The highest BCUT2D eigenvalue weighted by atomic mass is 19.1. The average molecular weight is 378 g/mol. The van der Waals surface area contributed by atoms with Gasteiger partial charge in [0, 0.05) is 6.07 Å². The highest BCUT2D eigenvalue weighted by Crippen LogP contribution is 2.10. The fraction of sp³-hybridized carbons (Fsp3) is 0.333. The molecule has 0 saturated heterocycles. The minimum absolute atomic E-state index is 0.172. The second-order valence-electron chi connectivity index (χ2n) is 5.90. The Morgan fingerprint density at radius 1 is 1.15 bits per heavy atom. The van der Waals surface area contributed by atoms with E-state index in [9.17, 15) is 18.4 Å². The number of aliphatic hydroxyl groups excluding tert-OH is 1. The number of rotatable bonds is 8. The van der Waals surface area contributed by atoms with Crippen LogP contribution < -0.4 is 10.6 Å². The van der Waals surface area contributed by atoms with Crippen LogP contribution in [0.2, 0.25) is 0 Å². The predicted molar refractivity (Wildman–Crippen MR) is 93.5 cm³/mol. The number of aromatic nitrogens is 2. The number of aliphatic hydroxyl groups is 1. The van der Waals surface area contributed by atoms with E-state index in [1.165, 1.54) is 12.4 Å². The molecule has 0 saturated carbocycles. The summed E-state index contributed by atoms with van der Waals surface area (Å²) in [6.45, 7) is 1.58. The lowest BCUT2D eigenvalue weighted by Gasteiger charge is -2.17. The third kappa shape index (κ3) is 6.37. The van der Waals surface area contributed by atoms with Crippen molar-refractivity contribution in [2.45, 2.75) is 38.8 Å². The summed E-state index contributed by atoms with van der Waals surface area (Å²) in [6.07, 6.45) is 3.36. The molecule has 0 aliphatic carbocycles. The van der Waals surface area contributed by atoms with Crippen LogP contribution in [0, 0.1) is 11.6 Å². The van der Waals surface area contributed by atoms with Gasteiger partial charge < -0.3 is 15.7 Å². The largest absolute Gasteiger partial charge is 0.390 e. The smallest absolute Gasteiger partial charge is 0.248 e. The van der Waals surface area contributed by atoms with Gasteiger partial charge in [0.05, 0.1) is 31.1 Å². The number of hydrogen-bond donors (Lipinski definition) is 3. The lowest BCUT2D eigenvalue weighted by molar-refractivity contribution is -0.126. The lowest BCUT2D eigenvalue weighted by atomic mass is 10.1. The molecule has 0 aliphatic rings. The van der Waals surface area contributed by atoms with Gasteiger partial charge in [0.2, 0.25) is 11.8 Å². The molecule has 144 valence electrons. The summed E-state index contributed by atoms with van der Waals surface area (Å²) in [5.41, 5.74) is 0.528. The molecule has 7 nitrogen and oxygen atoms in total. The number of nitrogens with zero attached hydrogens (tertiary/aromatic N) is 2. The van der Waals surface area contributed by atoms with Crippen molar-refractivity contribution < 1.29 is 23.5 Å². The maximum atomic E-state index is 13.2. The number of carbonyl (C=O) groups excluding carboxylic acids is 2. The van der Waals surface area contributed by atoms with E-state index in [0.717, 1.165) is 18.2 Å². The zero-order valence-electron chi connectivity index (χ0n) is 14.7. The molecule has 2 amide bonds. The van der Waals surface area contributed by atoms with E-state index < -0.39 is 29.5 Å². The van der Waals surface area contributed by atoms with Gasteiger partial charge in [0.15, 0.2) is 5.82 Å². The molecule has 1 atom stereocenters. The first kappa shape index (κ1) is 20.4. The predicted octanol–water partition coefficient (Wildman–Crippen LogP) is 1.71. The van der Waals surface area contributed by atoms with E-state index in [0.29, 0.717) is 18.5 Å². The Kier molecular flexibility index (Phi) is 7.30. The first-order chi connectivity index (χ1) is 12.9. The van der Waals surface area contributed by atoms with Crippen molar-refractivity contribution in [2.24, 2.45) is 0 Å². The van der Waals surface area contributed by atoms with E-state index in [1.807, 2.05) is 6.92 Å². The Morgan fingerprint density at radius 3 is 2.41 bits per heavy atom. The molecule has 1 heterocycles. The lowest BCUT2D eigenvalue weighted by Crippen LogP contribution is -2.44. The number of benzene rings is 1. The van der Waals surface area contributed by atoms with Crippen molar-refractivity contribution in [1.82, 2.24) is 15.3 Å². The summed E-state index contributed by atoms with van der Waals surface area (Å²) < 4.78 is 26.4. The standard InChI is InChI=1S/C18H20F2N4O3/c1-2-3-15(18(27)24-16-9-21-14(10-25)8-22-16)23-17(26)6-11-4-12(19)7-13(20)5-11/h4-5,7-9,15,25H,2-3,6,10H2,1H3,(H,23,26)(H,22,24,27). The number of hydrogen-bond acceptors (Lipinski definition) is 5. The van der Waals surface area contributed by atoms with Crippen LogP contribution in [0.15, 0.2) is 30.6 Å². The van der Waals surface area contributed by atoms with E-state index in [-0.39, 0.29) is 24.4 Å². The van der Waals surface area contributed by atoms with E-state index in [4.69, 9.17) is 5.11 Å². The van der Waals surface area contributed by atoms with Gasteiger partial charge in [-0.2, -0.15) is 0 Å². The molecule has 1 aromatic carbocycles. The molecule has 3 N–H and O–H groups in total. The van der Waals surface area contributed by atoms with Gasteiger partial charge in [-0.05, 0) is 24.1 Å². The van der Waals surface area contributed by atoms with Crippen molar-refractivity contribution in [1.29, 1.82) is 0 Å². The third-order valence-corrected chi connectivity index (χ3v) is 3.63. The third-order valence-electron chi connectivity index (χ3n) is 3.63. The number of amides is 2. The number of carbonyl (C=O) groups is 2. The zero-order chi connectivity index (χ0) is 19.8. The van der Waals surface area contributed by atoms with Crippen molar-refractivity contribution in [3.63, 3.8) is 0 Å². The molecule has 27 heavy (non-hydrogen) atoms. The molecular weight excluding hydrogens is 358 g/mol. The van der Waals surface area contributed by atoms with Crippen LogP contribution in [-0.2, 0) is 22.6 Å². The molecule has 0 bridgehead atoms. The molecule has 2 rings (SSSR count). The SMILES string of the molecule is CCCC(NC(=O)Cc1cc(F)cc(F)c1)C(=O)Nc1cnc(CO)cn1. The normalized spacial score (nSPS) is 11.7. The van der Waals surface area contributed by atoms with Gasteiger partial charge in [-0.25, -0.2) is 13.8 Å². The highest BCUT2D eigenvalue weighted by Gasteiger charge is 2.21. The van der Waals surface area contributed by atoms with Gasteiger partial charge in [0.25, 0.3) is 0 Å². The minimum Gasteiger partial charge on any atom is -0.390 e. The second kappa shape index (κ2) is 9.67. The topological polar surface area (TPSA) is 104 Å². The maximum absolute atomic E-state index is 13.2. The summed E-state index contributed by atoms with van der Waals surface area (Å²) in [7, 11) is 0. The Balaban J connectivity index is 1.99. The van der Waals surface area contributed by atoms with Crippen LogP contribution in [-0.4, -0.2) is 32.9 Å². The minimum atomic E-state index is -0.833. The van der Waals surface area contributed by atoms with Gasteiger partial charge in [0.1, 0.15) is 17.7 Å². The maximum Gasteiger partial charge on any atom is 0.248 e. The molecular formula is C18H20F2N4O3. The van der Waals surface area contributed by atoms with Gasteiger partial charge in [-0.1, -0.05) is 13.3 Å². The molecule has 0 fully saturated rings. The Labute approximate surface area is 154 Å². The Morgan fingerprint density at radius 2 is 1.85 bits per heavy atom. The van der Waals surface area contributed by atoms with Crippen LogP contribution >= 0.6 is 0 Å². The van der Waals surface area contributed by atoms with Crippen LogP contribution in [0.25, 0.3) is 0 Å². The molecule has 0 aliphatic heterocycles. The number of anilines is 1. The molecule has 1 unspecified atom stereocenters. The van der Waals surface area contributed by atoms with Crippen LogP contribution in [0.4, 0.5) is 14.6 Å². The first-order valence-electron chi connectivity index (χ1n) is 8.38. The monoisotopic (exact) mass is 378 g/mol. The Bertz CT molecular complexity index is 779. The second-order valence-corrected chi connectivity index (χ2v) is 5.90. The van der Waals surface area contributed by atoms with E-state index >= 15 is 0 Å². The molecule has 9 heteroatoms. The fourth-order valence-electron chi connectivity index (χ4n) is 2.42. The van der Waals surface area contributed by atoms with E-state index in [2.05, 4.69) is 20.6 Å². The number of halogens is 2. The van der Waals surface area contributed by atoms with Crippen LogP contribution in [0.1, 0.15) is 31.0 Å².